The van der Waals surface area contributed by atoms with Gasteiger partial charge in [0, 0.05) is 23.1 Å². The van der Waals surface area contributed by atoms with E-state index >= 15 is 0 Å². The van der Waals surface area contributed by atoms with E-state index in [9.17, 15) is 4.79 Å². The summed E-state index contributed by atoms with van der Waals surface area (Å²) >= 11 is 3.42. The van der Waals surface area contributed by atoms with Gasteiger partial charge in [-0.3, -0.25) is 4.79 Å². The van der Waals surface area contributed by atoms with Gasteiger partial charge in [-0.15, -0.1) is 12.4 Å². The highest BCUT2D eigenvalue weighted by atomic mass is 79.9. The van der Waals surface area contributed by atoms with Gasteiger partial charge in [-0.2, -0.15) is 0 Å². The van der Waals surface area contributed by atoms with Gasteiger partial charge in [-0.1, -0.05) is 22.9 Å². The van der Waals surface area contributed by atoms with Crippen LogP contribution in [0, 0.1) is 0 Å². The van der Waals surface area contributed by atoms with E-state index < -0.39 is 0 Å². The molecule has 4 nitrogen and oxygen atoms in total. The number of benzene rings is 1. The summed E-state index contributed by atoms with van der Waals surface area (Å²) in [6, 6.07) is 5.78. The maximum atomic E-state index is 12.0. The molecular formula is C15H20BrClN2O2. The Morgan fingerprint density at radius 2 is 2.14 bits per heavy atom. The van der Waals surface area contributed by atoms with Crippen molar-refractivity contribution in [2.75, 3.05) is 26.2 Å². The maximum Gasteiger partial charge on any atom is 0.250 e. The summed E-state index contributed by atoms with van der Waals surface area (Å²) < 4.78 is 6.57. The highest BCUT2D eigenvalue weighted by Gasteiger charge is 2.16. The van der Waals surface area contributed by atoms with Crippen molar-refractivity contribution < 1.29 is 9.53 Å². The van der Waals surface area contributed by atoms with Crippen LogP contribution in [0.3, 0.4) is 0 Å². The molecule has 0 aromatic heterocycles. The lowest BCUT2D eigenvalue weighted by atomic mass is 10.1. The van der Waals surface area contributed by atoms with Crippen molar-refractivity contribution in [3.05, 3.63) is 33.8 Å². The molecule has 1 aromatic rings. The van der Waals surface area contributed by atoms with Gasteiger partial charge in [-0.25, -0.2) is 0 Å². The Kier molecular flexibility index (Phi) is 7.78. The minimum absolute atomic E-state index is 0. The number of halogens is 2. The summed E-state index contributed by atoms with van der Waals surface area (Å²) in [5.74, 6) is 0.753. The van der Waals surface area contributed by atoms with Crippen molar-refractivity contribution in [3.8, 4) is 5.75 Å². The molecule has 1 amide bonds. The average molecular weight is 376 g/mol. The topological polar surface area (TPSA) is 50.4 Å². The molecule has 0 bridgehead atoms. The SMILES string of the molecule is CCCNCCNC(=O)C1=Cc2cc(Br)ccc2OC1.Cl. The lowest BCUT2D eigenvalue weighted by Crippen LogP contribution is -2.34. The molecule has 1 heterocycles. The number of hydrogen-bond acceptors (Lipinski definition) is 3. The summed E-state index contributed by atoms with van der Waals surface area (Å²) in [5.41, 5.74) is 1.59. The molecule has 0 saturated carbocycles. The lowest BCUT2D eigenvalue weighted by molar-refractivity contribution is -0.117. The van der Waals surface area contributed by atoms with Crippen LogP contribution in [0.2, 0.25) is 0 Å². The Morgan fingerprint density at radius 3 is 2.90 bits per heavy atom. The minimum Gasteiger partial charge on any atom is -0.488 e. The van der Waals surface area contributed by atoms with Gasteiger partial charge in [0.05, 0.1) is 5.57 Å². The van der Waals surface area contributed by atoms with Crippen molar-refractivity contribution in [1.29, 1.82) is 0 Å². The highest BCUT2D eigenvalue weighted by Crippen LogP contribution is 2.29. The monoisotopic (exact) mass is 374 g/mol. The number of ether oxygens (including phenoxy) is 1. The van der Waals surface area contributed by atoms with Crippen LogP contribution in [-0.2, 0) is 4.79 Å². The second-order valence-electron chi connectivity index (χ2n) is 4.65. The first kappa shape index (κ1) is 18.0. The van der Waals surface area contributed by atoms with Crippen LogP contribution in [0.5, 0.6) is 5.75 Å². The van der Waals surface area contributed by atoms with E-state index in [0.717, 1.165) is 35.3 Å². The summed E-state index contributed by atoms with van der Waals surface area (Å²) in [6.07, 6.45) is 2.98. The molecule has 0 radical (unpaired) electrons. The molecule has 2 N–H and O–H groups in total. The first-order chi connectivity index (χ1) is 9.70. The van der Waals surface area contributed by atoms with Crippen molar-refractivity contribution in [3.63, 3.8) is 0 Å². The Morgan fingerprint density at radius 1 is 1.33 bits per heavy atom. The van der Waals surface area contributed by atoms with Crippen LogP contribution >= 0.6 is 28.3 Å². The van der Waals surface area contributed by atoms with Crippen molar-refractivity contribution >= 4 is 40.3 Å². The zero-order chi connectivity index (χ0) is 14.4. The molecule has 1 aliphatic heterocycles. The number of rotatable bonds is 6. The standard InChI is InChI=1S/C15H19BrN2O2.ClH/c1-2-5-17-6-7-18-15(19)12-8-11-9-13(16)3-4-14(11)20-10-12;/h3-4,8-9,17H,2,5-7,10H2,1H3,(H,18,19);1H. The lowest BCUT2D eigenvalue weighted by Gasteiger charge is -2.18. The molecule has 0 unspecified atom stereocenters. The van der Waals surface area contributed by atoms with Gasteiger partial charge >= 0.3 is 0 Å². The number of nitrogens with one attached hydrogen (secondary N) is 2. The molecule has 116 valence electrons. The zero-order valence-corrected chi connectivity index (χ0v) is 14.4. The minimum atomic E-state index is -0.0612. The van der Waals surface area contributed by atoms with Crippen LogP contribution in [0.4, 0.5) is 0 Å². The van der Waals surface area contributed by atoms with Gasteiger partial charge < -0.3 is 15.4 Å². The van der Waals surface area contributed by atoms with E-state index in [1.54, 1.807) is 0 Å². The van der Waals surface area contributed by atoms with Gasteiger partial charge in [0.15, 0.2) is 0 Å². The molecular weight excluding hydrogens is 356 g/mol. The van der Waals surface area contributed by atoms with E-state index in [1.807, 2.05) is 24.3 Å². The molecule has 0 aliphatic carbocycles. The summed E-state index contributed by atoms with van der Waals surface area (Å²) in [6.45, 7) is 4.83. The number of hydrogen-bond donors (Lipinski definition) is 2. The maximum absolute atomic E-state index is 12.0. The van der Waals surface area contributed by atoms with Crippen LogP contribution in [-0.4, -0.2) is 32.1 Å². The molecule has 6 heteroatoms. The molecule has 21 heavy (non-hydrogen) atoms. The number of carbonyl (C=O) groups is 1. The quantitative estimate of drug-likeness (QED) is 0.752. The third-order valence-corrected chi connectivity index (χ3v) is 3.48. The Labute approximate surface area is 139 Å². The van der Waals surface area contributed by atoms with E-state index in [1.165, 1.54) is 0 Å². The second-order valence-corrected chi connectivity index (χ2v) is 5.56. The van der Waals surface area contributed by atoms with Crippen molar-refractivity contribution in [2.24, 2.45) is 0 Å². The number of carbonyl (C=O) groups excluding carboxylic acids is 1. The van der Waals surface area contributed by atoms with Crippen molar-refractivity contribution in [2.45, 2.75) is 13.3 Å². The van der Waals surface area contributed by atoms with E-state index in [4.69, 9.17) is 4.74 Å². The smallest absolute Gasteiger partial charge is 0.250 e. The molecule has 0 fully saturated rings. The third-order valence-electron chi connectivity index (χ3n) is 2.99. The first-order valence-corrected chi connectivity index (χ1v) is 7.62. The fourth-order valence-corrected chi connectivity index (χ4v) is 2.34. The number of amides is 1. The van der Waals surface area contributed by atoms with E-state index in [2.05, 4.69) is 33.5 Å². The van der Waals surface area contributed by atoms with E-state index in [-0.39, 0.29) is 18.3 Å². The normalized spacial score (nSPS) is 12.6. The number of fused-ring (bicyclic) bond motifs is 1. The highest BCUT2D eigenvalue weighted by molar-refractivity contribution is 9.10. The van der Waals surface area contributed by atoms with Gasteiger partial charge in [0.1, 0.15) is 12.4 Å². The Balaban J connectivity index is 0.00000220. The molecule has 0 atom stereocenters. The van der Waals surface area contributed by atoms with Gasteiger partial charge in [0.2, 0.25) is 0 Å². The van der Waals surface area contributed by atoms with Crippen molar-refractivity contribution in [1.82, 2.24) is 10.6 Å². The van der Waals surface area contributed by atoms with Crippen LogP contribution < -0.4 is 15.4 Å². The summed E-state index contributed by atoms with van der Waals surface area (Å²) in [5, 5.41) is 6.14. The fourth-order valence-electron chi connectivity index (χ4n) is 1.96. The Hall–Kier alpha value is -1.04. The average Bonchev–Trinajstić information content (AvgIpc) is 2.46. The zero-order valence-electron chi connectivity index (χ0n) is 11.9. The third kappa shape index (κ3) is 5.34. The van der Waals surface area contributed by atoms with Crippen LogP contribution in [0.25, 0.3) is 6.08 Å². The first-order valence-electron chi connectivity index (χ1n) is 6.82. The van der Waals surface area contributed by atoms with Gasteiger partial charge in [-0.05, 0) is 37.2 Å². The molecule has 1 aromatic carbocycles. The largest absolute Gasteiger partial charge is 0.488 e. The summed E-state index contributed by atoms with van der Waals surface area (Å²) in [7, 11) is 0. The van der Waals surface area contributed by atoms with E-state index in [0.29, 0.717) is 18.7 Å². The molecule has 0 saturated heterocycles. The predicted octanol–water partition coefficient (Wildman–Crippen LogP) is 2.76. The fraction of sp³-hybridized carbons (Fsp3) is 0.400. The second kappa shape index (κ2) is 9.07. The summed E-state index contributed by atoms with van der Waals surface area (Å²) in [4.78, 5) is 12.0. The predicted molar refractivity (Wildman–Crippen MR) is 91.0 cm³/mol. The Bertz CT molecular complexity index is 520. The molecule has 0 spiro atoms. The molecule has 2 rings (SSSR count). The van der Waals surface area contributed by atoms with Crippen LogP contribution in [0.15, 0.2) is 28.2 Å². The molecule has 1 aliphatic rings. The van der Waals surface area contributed by atoms with Gasteiger partial charge in [0.25, 0.3) is 5.91 Å². The van der Waals surface area contributed by atoms with Crippen LogP contribution in [0.1, 0.15) is 18.9 Å².